The van der Waals surface area contributed by atoms with Crippen LogP contribution in [0.1, 0.15) is 20.3 Å². The van der Waals surface area contributed by atoms with Crippen LogP contribution in [0.2, 0.25) is 0 Å². The molecule has 1 amide bonds. The number of pyridine rings is 1. The number of para-hydroxylation sites is 2. The molecule has 1 aromatic carbocycles. The van der Waals surface area contributed by atoms with E-state index in [-0.39, 0.29) is 23.9 Å². The first kappa shape index (κ1) is 16.6. The number of fused-ring (bicyclic) bond motifs is 2. The van der Waals surface area contributed by atoms with Gasteiger partial charge in [-0.2, -0.15) is 0 Å². The summed E-state index contributed by atoms with van der Waals surface area (Å²) in [6, 6.07) is 13.2. The molecule has 134 valence electrons. The van der Waals surface area contributed by atoms with Gasteiger partial charge in [-0.3, -0.25) is 14.5 Å². The molecule has 0 radical (unpaired) electrons. The Balaban J connectivity index is 1.86. The van der Waals surface area contributed by atoms with Gasteiger partial charge in [-0.15, -0.1) is 0 Å². The van der Waals surface area contributed by atoms with E-state index in [1.165, 1.54) is 6.92 Å². The van der Waals surface area contributed by atoms with Crippen LogP contribution in [0.15, 0.2) is 48.7 Å². The van der Waals surface area contributed by atoms with Crippen molar-refractivity contribution in [3.63, 3.8) is 0 Å². The minimum absolute atomic E-state index is 0.106. The Kier molecular flexibility index (Phi) is 4.11. The van der Waals surface area contributed by atoms with Gasteiger partial charge in [0.2, 0.25) is 5.91 Å². The summed E-state index contributed by atoms with van der Waals surface area (Å²) in [5.74, 6) is -0.424. The number of amides is 1. The van der Waals surface area contributed by atoms with Crippen LogP contribution in [0.3, 0.4) is 0 Å². The number of anilines is 3. The van der Waals surface area contributed by atoms with E-state index in [1.807, 2.05) is 42.5 Å². The van der Waals surface area contributed by atoms with Crippen LogP contribution >= 0.6 is 0 Å². The lowest BCUT2D eigenvalue weighted by Crippen LogP contribution is -2.55. The summed E-state index contributed by atoms with van der Waals surface area (Å²) < 4.78 is 0. The summed E-state index contributed by atoms with van der Waals surface area (Å²) in [6.07, 6.45) is 2.27. The normalized spacial score (nSPS) is 24.1. The number of nitrogens with one attached hydrogen (secondary N) is 1. The van der Waals surface area contributed by atoms with E-state index < -0.39 is 5.92 Å². The minimum atomic E-state index is -0.700. The maximum atomic E-state index is 13.2. The molecule has 6 heteroatoms. The monoisotopic (exact) mass is 350 g/mol. The smallest absolute Gasteiger partial charge is 0.242 e. The fourth-order valence-corrected chi connectivity index (χ4v) is 4.11. The van der Waals surface area contributed by atoms with Crippen molar-refractivity contribution in [2.24, 2.45) is 5.92 Å². The molecule has 0 saturated carbocycles. The first-order valence-corrected chi connectivity index (χ1v) is 9.00. The fraction of sp³-hybridized carbons (Fsp3) is 0.350. The summed E-state index contributed by atoms with van der Waals surface area (Å²) in [5.41, 5.74) is 2.01. The highest BCUT2D eigenvalue weighted by atomic mass is 16.2. The summed E-state index contributed by atoms with van der Waals surface area (Å²) in [4.78, 5) is 33.9. The molecule has 1 N–H and O–H groups in total. The lowest BCUT2D eigenvalue weighted by molar-refractivity contribution is -0.129. The van der Waals surface area contributed by atoms with Gasteiger partial charge in [0.15, 0.2) is 0 Å². The third-order valence-corrected chi connectivity index (χ3v) is 5.12. The Bertz CT molecular complexity index is 839. The van der Waals surface area contributed by atoms with E-state index in [4.69, 9.17) is 0 Å². The molecule has 4 rings (SSSR count). The molecule has 2 aliphatic rings. The zero-order valence-corrected chi connectivity index (χ0v) is 14.9. The van der Waals surface area contributed by atoms with Gasteiger partial charge in [0.1, 0.15) is 23.7 Å². The molecule has 0 aliphatic carbocycles. The van der Waals surface area contributed by atoms with Crippen LogP contribution in [0.4, 0.5) is 17.2 Å². The van der Waals surface area contributed by atoms with Crippen molar-refractivity contribution in [3.8, 4) is 0 Å². The second-order valence-electron chi connectivity index (χ2n) is 6.77. The van der Waals surface area contributed by atoms with Crippen LogP contribution in [0.25, 0.3) is 0 Å². The SMILES string of the molecule is CCCN1c2ccccc2N[C@@H]2[C@@H]1[C@@H](C(C)=O)C(=O)N2c1ccccn1. The molecule has 1 saturated heterocycles. The number of rotatable bonds is 4. The zero-order chi connectivity index (χ0) is 18.3. The van der Waals surface area contributed by atoms with Gasteiger partial charge in [-0.1, -0.05) is 25.1 Å². The number of aromatic nitrogens is 1. The molecule has 3 atom stereocenters. The van der Waals surface area contributed by atoms with Crippen LogP contribution < -0.4 is 15.1 Å². The second kappa shape index (κ2) is 6.44. The zero-order valence-electron chi connectivity index (χ0n) is 14.9. The molecule has 2 aromatic rings. The molecule has 0 bridgehead atoms. The van der Waals surface area contributed by atoms with Gasteiger partial charge in [-0.25, -0.2) is 4.98 Å². The fourth-order valence-electron chi connectivity index (χ4n) is 4.11. The van der Waals surface area contributed by atoms with Gasteiger partial charge >= 0.3 is 0 Å². The van der Waals surface area contributed by atoms with E-state index in [0.29, 0.717) is 5.82 Å². The molecule has 1 fully saturated rings. The molecule has 0 spiro atoms. The Morgan fingerprint density at radius 1 is 1.19 bits per heavy atom. The number of hydrogen-bond donors (Lipinski definition) is 1. The third-order valence-electron chi connectivity index (χ3n) is 5.12. The van der Waals surface area contributed by atoms with E-state index in [2.05, 4.69) is 22.1 Å². The van der Waals surface area contributed by atoms with Crippen LogP contribution in [0.5, 0.6) is 0 Å². The maximum Gasteiger partial charge on any atom is 0.242 e. The van der Waals surface area contributed by atoms with E-state index in [1.54, 1.807) is 11.1 Å². The van der Waals surface area contributed by atoms with Gasteiger partial charge in [-0.05, 0) is 37.6 Å². The predicted octanol–water partition coefficient (Wildman–Crippen LogP) is 2.67. The van der Waals surface area contributed by atoms with E-state index in [0.717, 1.165) is 24.3 Å². The number of carbonyl (C=O) groups is 2. The lowest BCUT2D eigenvalue weighted by Gasteiger charge is -2.43. The lowest BCUT2D eigenvalue weighted by atomic mass is 9.93. The third kappa shape index (κ3) is 2.44. The van der Waals surface area contributed by atoms with Crippen molar-refractivity contribution < 1.29 is 9.59 Å². The van der Waals surface area contributed by atoms with Gasteiger partial charge in [0.05, 0.1) is 17.4 Å². The summed E-state index contributed by atoms with van der Waals surface area (Å²) >= 11 is 0. The van der Waals surface area contributed by atoms with Crippen molar-refractivity contribution in [2.45, 2.75) is 32.5 Å². The Morgan fingerprint density at radius 2 is 1.96 bits per heavy atom. The maximum absolute atomic E-state index is 13.2. The van der Waals surface area contributed by atoms with E-state index in [9.17, 15) is 9.59 Å². The van der Waals surface area contributed by atoms with Crippen LogP contribution in [-0.4, -0.2) is 35.4 Å². The number of hydrogen-bond acceptors (Lipinski definition) is 5. The molecular formula is C20H22N4O2. The van der Waals surface area contributed by atoms with Gasteiger partial charge in [0, 0.05) is 12.7 Å². The Hall–Kier alpha value is -2.89. The molecule has 26 heavy (non-hydrogen) atoms. The van der Waals surface area contributed by atoms with Crippen molar-refractivity contribution in [3.05, 3.63) is 48.7 Å². The van der Waals surface area contributed by atoms with Crippen LogP contribution in [-0.2, 0) is 9.59 Å². The van der Waals surface area contributed by atoms with Crippen molar-refractivity contribution in [2.75, 3.05) is 21.7 Å². The molecule has 1 aromatic heterocycles. The minimum Gasteiger partial charge on any atom is -0.362 e. The quantitative estimate of drug-likeness (QED) is 0.859. The molecule has 3 heterocycles. The average Bonchev–Trinajstić information content (AvgIpc) is 2.94. The van der Waals surface area contributed by atoms with E-state index >= 15 is 0 Å². The topological polar surface area (TPSA) is 65.5 Å². The standard InChI is InChI=1S/C20H22N4O2/c1-3-12-23-15-9-5-4-8-14(15)22-19-18(23)17(13(2)25)20(26)24(19)16-10-6-7-11-21-16/h4-11,17-19,22H,3,12H2,1-2H3/t17-,18+,19+/m1/s1. The summed E-state index contributed by atoms with van der Waals surface area (Å²) in [6.45, 7) is 4.40. The summed E-state index contributed by atoms with van der Waals surface area (Å²) in [7, 11) is 0. The highest BCUT2D eigenvalue weighted by molar-refractivity contribution is 6.12. The van der Waals surface area contributed by atoms with Crippen molar-refractivity contribution in [1.82, 2.24) is 4.98 Å². The average molecular weight is 350 g/mol. The number of Topliss-reactive ketones (excluding diaryl/α,β-unsaturated/α-hetero) is 1. The van der Waals surface area contributed by atoms with Crippen molar-refractivity contribution >= 4 is 28.9 Å². The number of carbonyl (C=O) groups excluding carboxylic acids is 2. The highest BCUT2D eigenvalue weighted by Gasteiger charge is 2.55. The highest BCUT2D eigenvalue weighted by Crippen LogP contribution is 2.42. The predicted molar refractivity (Wildman–Crippen MR) is 101 cm³/mol. The van der Waals surface area contributed by atoms with Crippen LogP contribution in [0, 0.1) is 5.92 Å². The first-order chi connectivity index (χ1) is 12.6. The molecular weight excluding hydrogens is 328 g/mol. The molecule has 6 nitrogen and oxygen atoms in total. The number of benzene rings is 1. The molecule has 0 unspecified atom stereocenters. The second-order valence-corrected chi connectivity index (χ2v) is 6.77. The van der Waals surface area contributed by atoms with Gasteiger partial charge in [0.25, 0.3) is 0 Å². The number of ketones is 1. The molecule has 2 aliphatic heterocycles. The number of nitrogens with zero attached hydrogens (tertiary/aromatic N) is 3. The Morgan fingerprint density at radius 3 is 2.65 bits per heavy atom. The summed E-state index contributed by atoms with van der Waals surface area (Å²) in [5, 5.41) is 3.48. The largest absolute Gasteiger partial charge is 0.362 e. The van der Waals surface area contributed by atoms with Crippen molar-refractivity contribution in [1.29, 1.82) is 0 Å². The Labute approximate surface area is 152 Å². The first-order valence-electron chi connectivity index (χ1n) is 9.00. The van der Waals surface area contributed by atoms with Gasteiger partial charge < -0.3 is 10.2 Å².